The van der Waals surface area contributed by atoms with Gasteiger partial charge in [-0.3, -0.25) is 4.79 Å². The molecular formula is C5H9IN2O. The number of primary amides is 1. The van der Waals surface area contributed by atoms with Crippen LogP contribution in [0.25, 0.3) is 0 Å². The molecule has 1 aliphatic heterocycles. The number of carbonyl (C=O) groups is 1. The second kappa shape index (κ2) is 2.83. The van der Waals surface area contributed by atoms with Crippen molar-refractivity contribution in [3.05, 3.63) is 0 Å². The number of nitrogens with two attached hydrogens (primary N) is 1. The fourth-order valence-electron chi connectivity index (χ4n) is 0.950. The average molecular weight is 240 g/mol. The van der Waals surface area contributed by atoms with Crippen LogP contribution in [0.1, 0.15) is 6.42 Å². The van der Waals surface area contributed by atoms with Crippen molar-refractivity contribution in [1.82, 2.24) is 5.32 Å². The molecule has 1 rings (SSSR count). The normalized spacial score (nSPS) is 34.8. The third-order valence-electron chi connectivity index (χ3n) is 1.45. The maximum atomic E-state index is 10.6. The van der Waals surface area contributed by atoms with E-state index in [2.05, 4.69) is 27.9 Å². The van der Waals surface area contributed by atoms with Gasteiger partial charge >= 0.3 is 0 Å². The fourth-order valence-corrected chi connectivity index (χ4v) is 1.87. The number of halogens is 1. The van der Waals surface area contributed by atoms with E-state index in [1.54, 1.807) is 0 Å². The molecule has 1 aliphatic rings. The molecule has 2 atom stereocenters. The van der Waals surface area contributed by atoms with Crippen LogP contribution in [0.5, 0.6) is 0 Å². The topological polar surface area (TPSA) is 55.1 Å². The highest BCUT2D eigenvalue weighted by atomic mass is 127. The van der Waals surface area contributed by atoms with Crippen molar-refractivity contribution >= 4 is 28.5 Å². The molecule has 9 heavy (non-hydrogen) atoms. The number of hydrogen-bond acceptors (Lipinski definition) is 2. The van der Waals surface area contributed by atoms with Gasteiger partial charge in [0.1, 0.15) is 0 Å². The van der Waals surface area contributed by atoms with Gasteiger partial charge in [0.15, 0.2) is 0 Å². The van der Waals surface area contributed by atoms with Crippen LogP contribution in [-0.4, -0.2) is 22.4 Å². The minimum absolute atomic E-state index is 0.0920. The summed E-state index contributed by atoms with van der Waals surface area (Å²) in [6, 6.07) is -0.0920. The molecule has 4 heteroatoms. The third kappa shape index (κ3) is 1.54. The third-order valence-corrected chi connectivity index (χ3v) is 2.79. The Hall–Kier alpha value is 0.160. The Bertz CT molecular complexity index is 128. The standard InChI is InChI=1S/C5H9IN2O/c6-3-1-2-8-4(3)5(7)9/h3-4,8H,1-2H2,(H2,7,9). The number of alkyl halides is 1. The molecule has 2 unspecified atom stereocenters. The lowest BCUT2D eigenvalue weighted by Gasteiger charge is -2.07. The van der Waals surface area contributed by atoms with Crippen LogP contribution in [0.15, 0.2) is 0 Å². The summed E-state index contributed by atoms with van der Waals surface area (Å²) in [6.45, 7) is 0.918. The van der Waals surface area contributed by atoms with Crippen LogP contribution >= 0.6 is 22.6 Å². The van der Waals surface area contributed by atoms with Gasteiger partial charge in [-0.15, -0.1) is 0 Å². The first-order valence-electron chi connectivity index (χ1n) is 2.88. The van der Waals surface area contributed by atoms with Crippen LogP contribution in [0, 0.1) is 0 Å². The van der Waals surface area contributed by atoms with Gasteiger partial charge in [-0.25, -0.2) is 0 Å². The molecule has 1 amide bonds. The summed E-state index contributed by atoms with van der Waals surface area (Å²) in [4.78, 5) is 10.6. The molecule has 0 saturated carbocycles. The SMILES string of the molecule is NC(=O)C1NCCC1I. The lowest BCUT2D eigenvalue weighted by Crippen LogP contribution is -2.40. The van der Waals surface area contributed by atoms with Crippen LogP contribution in [0.4, 0.5) is 0 Å². The lowest BCUT2D eigenvalue weighted by molar-refractivity contribution is -0.119. The zero-order valence-corrected chi connectivity index (χ0v) is 7.09. The van der Waals surface area contributed by atoms with E-state index in [-0.39, 0.29) is 11.9 Å². The Morgan fingerprint density at radius 1 is 1.78 bits per heavy atom. The number of carbonyl (C=O) groups excluding carboxylic acids is 1. The van der Waals surface area contributed by atoms with Gasteiger partial charge in [0, 0.05) is 3.92 Å². The molecular weight excluding hydrogens is 231 g/mol. The highest BCUT2D eigenvalue weighted by molar-refractivity contribution is 14.1. The Morgan fingerprint density at radius 3 is 2.67 bits per heavy atom. The Labute approximate surface area is 67.5 Å². The van der Waals surface area contributed by atoms with Crippen molar-refractivity contribution in [2.24, 2.45) is 5.73 Å². The van der Waals surface area contributed by atoms with Crippen molar-refractivity contribution in [3.8, 4) is 0 Å². The highest BCUT2D eigenvalue weighted by Crippen LogP contribution is 2.15. The van der Waals surface area contributed by atoms with Gasteiger partial charge in [-0.2, -0.15) is 0 Å². The lowest BCUT2D eigenvalue weighted by atomic mass is 10.2. The zero-order chi connectivity index (χ0) is 6.85. The largest absolute Gasteiger partial charge is 0.368 e. The quantitative estimate of drug-likeness (QED) is 0.485. The smallest absolute Gasteiger partial charge is 0.235 e. The summed E-state index contributed by atoms with van der Waals surface area (Å²) in [5.74, 6) is -0.230. The van der Waals surface area contributed by atoms with Crippen molar-refractivity contribution < 1.29 is 4.79 Å². The second-order valence-electron chi connectivity index (χ2n) is 2.14. The summed E-state index contributed by atoms with van der Waals surface area (Å²) < 4.78 is 0.389. The molecule has 3 nitrogen and oxygen atoms in total. The van der Waals surface area contributed by atoms with E-state index < -0.39 is 0 Å². The molecule has 0 radical (unpaired) electrons. The van der Waals surface area contributed by atoms with E-state index in [9.17, 15) is 4.79 Å². The molecule has 0 aromatic heterocycles. The van der Waals surface area contributed by atoms with Crippen molar-refractivity contribution in [2.75, 3.05) is 6.54 Å². The molecule has 0 aromatic rings. The Balaban J connectivity index is 2.49. The first kappa shape index (κ1) is 7.27. The van der Waals surface area contributed by atoms with Crippen molar-refractivity contribution in [2.45, 2.75) is 16.4 Å². The maximum absolute atomic E-state index is 10.6. The summed E-state index contributed by atoms with van der Waals surface area (Å²) in [5.41, 5.74) is 5.08. The first-order chi connectivity index (χ1) is 4.22. The summed E-state index contributed by atoms with van der Waals surface area (Å²) in [5, 5.41) is 3.02. The number of amides is 1. The first-order valence-corrected chi connectivity index (χ1v) is 4.13. The van der Waals surface area contributed by atoms with E-state index >= 15 is 0 Å². The van der Waals surface area contributed by atoms with Gasteiger partial charge in [0.25, 0.3) is 0 Å². The van der Waals surface area contributed by atoms with Crippen LogP contribution in [0.3, 0.4) is 0 Å². The van der Waals surface area contributed by atoms with Crippen molar-refractivity contribution in [1.29, 1.82) is 0 Å². The number of rotatable bonds is 1. The van der Waals surface area contributed by atoms with E-state index in [1.165, 1.54) is 0 Å². The monoisotopic (exact) mass is 240 g/mol. The molecule has 1 fully saturated rings. The highest BCUT2D eigenvalue weighted by Gasteiger charge is 2.28. The van der Waals surface area contributed by atoms with Crippen LogP contribution < -0.4 is 11.1 Å². The van der Waals surface area contributed by atoms with E-state index in [1.807, 2.05) is 0 Å². The summed E-state index contributed by atoms with van der Waals surface area (Å²) in [6.07, 6.45) is 1.05. The van der Waals surface area contributed by atoms with E-state index in [4.69, 9.17) is 5.73 Å². The minimum atomic E-state index is -0.230. The molecule has 0 spiro atoms. The van der Waals surface area contributed by atoms with Gasteiger partial charge in [-0.05, 0) is 13.0 Å². The van der Waals surface area contributed by atoms with E-state index in [0.717, 1.165) is 13.0 Å². The molecule has 0 bridgehead atoms. The Morgan fingerprint density at radius 2 is 2.44 bits per heavy atom. The maximum Gasteiger partial charge on any atom is 0.235 e. The van der Waals surface area contributed by atoms with Crippen LogP contribution in [-0.2, 0) is 4.79 Å². The molecule has 3 N–H and O–H groups in total. The molecule has 1 saturated heterocycles. The van der Waals surface area contributed by atoms with Gasteiger partial charge in [0.05, 0.1) is 6.04 Å². The predicted molar refractivity (Wildman–Crippen MR) is 43.4 cm³/mol. The summed E-state index contributed by atoms with van der Waals surface area (Å²) in [7, 11) is 0. The van der Waals surface area contributed by atoms with Gasteiger partial charge < -0.3 is 11.1 Å². The van der Waals surface area contributed by atoms with E-state index in [0.29, 0.717) is 3.92 Å². The Kier molecular flexibility index (Phi) is 2.29. The zero-order valence-electron chi connectivity index (χ0n) is 4.93. The van der Waals surface area contributed by atoms with Crippen molar-refractivity contribution in [3.63, 3.8) is 0 Å². The predicted octanol–water partition coefficient (Wildman–Crippen LogP) is -0.363. The van der Waals surface area contributed by atoms with Gasteiger partial charge in [-0.1, -0.05) is 22.6 Å². The van der Waals surface area contributed by atoms with Gasteiger partial charge in [0.2, 0.25) is 5.91 Å². The number of nitrogens with one attached hydrogen (secondary N) is 1. The second-order valence-corrected chi connectivity index (χ2v) is 3.74. The number of hydrogen-bond donors (Lipinski definition) is 2. The molecule has 0 aliphatic carbocycles. The molecule has 52 valence electrons. The fraction of sp³-hybridized carbons (Fsp3) is 0.800. The average Bonchev–Trinajstić information content (AvgIpc) is 2.13. The molecule has 1 heterocycles. The minimum Gasteiger partial charge on any atom is -0.368 e. The summed E-state index contributed by atoms with van der Waals surface area (Å²) >= 11 is 2.25. The molecule has 0 aromatic carbocycles. The van der Waals surface area contributed by atoms with Crippen LogP contribution in [0.2, 0.25) is 0 Å².